The van der Waals surface area contributed by atoms with Crippen molar-refractivity contribution in [2.45, 2.75) is 12.8 Å². The third-order valence-electron chi connectivity index (χ3n) is 3.05. The summed E-state index contributed by atoms with van der Waals surface area (Å²) in [7, 11) is -1.06. The number of carbonyl (C=O) groups is 2. The van der Waals surface area contributed by atoms with E-state index in [1.807, 2.05) is 0 Å². The maximum absolute atomic E-state index is 11.5. The summed E-state index contributed by atoms with van der Waals surface area (Å²) in [5.41, 5.74) is 0. The van der Waals surface area contributed by atoms with E-state index in [0.717, 1.165) is 20.8 Å². The van der Waals surface area contributed by atoms with Crippen molar-refractivity contribution < 1.29 is 35.9 Å². The van der Waals surface area contributed by atoms with Gasteiger partial charge in [-0.25, -0.2) is 35.0 Å². The summed E-state index contributed by atoms with van der Waals surface area (Å²) >= 11 is 0. The Balaban J connectivity index is 4.01. The lowest BCUT2D eigenvalue weighted by atomic mass is 10.5. The molecule has 10 nitrogen and oxygen atoms in total. The molecule has 0 rings (SSSR count). The Labute approximate surface area is 154 Å². The molecule has 0 spiro atoms. The van der Waals surface area contributed by atoms with E-state index in [9.17, 15) is 26.4 Å². The van der Waals surface area contributed by atoms with Crippen LogP contribution in [0.1, 0.15) is 12.8 Å². The van der Waals surface area contributed by atoms with Crippen LogP contribution < -0.4 is 0 Å². The Hall–Kier alpha value is -1.50. The second-order valence-electron chi connectivity index (χ2n) is 5.57. The standard InChI is InChI=1S/C14H26N2O8S2/c1-15(2)25(19,20)11-5-9-23-13(17)7-8-14(18)24-10-6-12-26(21,22)16(3)4/h7-8H,5-6,9-12H2,1-4H3/b8-7+. The second kappa shape index (κ2) is 11.3. The summed E-state index contributed by atoms with van der Waals surface area (Å²) in [6.45, 7) is -0.207. The fourth-order valence-electron chi connectivity index (χ4n) is 1.43. The molecule has 0 saturated heterocycles. The van der Waals surface area contributed by atoms with E-state index in [1.54, 1.807) is 0 Å². The van der Waals surface area contributed by atoms with E-state index in [2.05, 4.69) is 0 Å². The number of hydrogen-bond acceptors (Lipinski definition) is 8. The topological polar surface area (TPSA) is 127 Å². The Morgan fingerprint density at radius 1 is 0.731 bits per heavy atom. The third-order valence-corrected chi connectivity index (χ3v) is 6.88. The highest BCUT2D eigenvalue weighted by atomic mass is 32.2. The van der Waals surface area contributed by atoms with Crippen molar-refractivity contribution in [1.29, 1.82) is 0 Å². The molecule has 0 aromatic carbocycles. The normalized spacial score (nSPS) is 12.7. The van der Waals surface area contributed by atoms with Crippen LogP contribution in [0.4, 0.5) is 0 Å². The van der Waals surface area contributed by atoms with Gasteiger partial charge < -0.3 is 9.47 Å². The van der Waals surface area contributed by atoms with Gasteiger partial charge in [-0.3, -0.25) is 0 Å². The molecule has 0 aromatic rings. The van der Waals surface area contributed by atoms with Crippen LogP contribution in [-0.4, -0.2) is 90.3 Å². The summed E-state index contributed by atoms with van der Waals surface area (Å²) in [5, 5.41) is 0. The maximum Gasteiger partial charge on any atom is 0.331 e. The number of sulfonamides is 2. The first kappa shape index (κ1) is 24.5. The Morgan fingerprint density at radius 3 is 1.31 bits per heavy atom. The highest BCUT2D eigenvalue weighted by Crippen LogP contribution is 1.99. The molecule has 12 heteroatoms. The number of carbonyl (C=O) groups excluding carboxylic acids is 2. The van der Waals surface area contributed by atoms with Crippen molar-refractivity contribution in [3.63, 3.8) is 0 Å². The zero-order valence-corrected chi connectivity index (χ0v) is 17.0. The molecule has 0 bridgehead atoms. The van der Waals surface area contributed by atoms with Crippen LogP contribution in [0, 0.1) is 0 Å². The average Bonchev–Trinajstić information content (AvgIpc) is 2.53. The minimum Gasteiger partial charge on any atom is -0.462 e. The molecule has 0 radical (unpaired) electrons. The van der Waals surface area contributed by atoms with Gasteiger partial charge in [-0.05, 0) is 12.8 Å². The van der Waals surface area contributed by atoms with Crippen LogP contribution >= 0.6 is 0 Å². The van der Waals surface area contributed by atoms with Gasteiger partial charge in [-0.1, -0.05) is 0 Å². The molecule has 0 unspecified atom stereocenters. The molecule has 0 aliphatic carbocycles. The van der Waals surface area contributed by atoms with Crippen molar-refractivity contribution in [2.24, 2.45) is 0 Å². The lowest BCUT2D eigenvalue weighted by molar-refractivity contribution is -0.140. The molecular formula is C14H26N2O8S2. The predicted octanol–water partition coefficient (Wildman–Crippen LogP) is -0.808. The molecule has 0 heterocycles. The van der Waals surface area contributed by atoms with Gasteiger partial charge in [0.05, 0.1) is 24.7 Å². The van der Waals surface area contributed by atoms with Crippen LogP contribution in [0.3, 0.4) is 0 Å². The van der Waals surface area contributed by atoms with Gasteiger partial charge >= 0.3 is 11.9 Å². The van der Waals surface area contributed by atoms with Gasteiger partial charge in [0.2, 0.25) is 20.0 Å². The number of ether oxygens (including phenoxy) is 2. The van der Waals surface area contributed by atoms with Crippen LogP contribution in [-0.2, 0) is 39.1 Å². The Bertz CT molecular complexity index is 636. The second-order valence-corrected chi connectivity index (χ2v) is 10.2. The van der Waals surface area contributed by atoms with Gasteiger partial charge in [0.15, 0.2) is 0 Å². The molecule has 0 aliphatic heterocycles. The van der Waals surface area contributed by atoms with Crippen molar-refractivity contribution in [1.82, 2.24) is 8.61 Å². The van der Waals surface area contributed by atoms with Crippen LogP contribution in [0.2, 0.25) is 0 Å². The zero-order chi connectivity index (χ0) is 20.4. The predicted molar refractivity (Wildman–Crippen MR) is 95.2 cm³/mol. The Morgan fingerprint density at radius 2 is 1.04 bits per heavy atom. The largest absolute Gasteiger partial charge is 0.462 e. The smallest absolute Gasteiger partial charge is 0.331 e. The van der Waals surface area contributed by atoms with E-state index in [4.69, 9.17) is 9.47 Å². The lowest BCUT2D eigenvalue weighted by Crippen LogP contribution is -2.25. The summed E-state index contributed by atoms with van der Waals surface area (Å²) in [4.78, 5) is 22.8. The average molecular weight is 415 g/mol. The van der Waals surface area contributed by atoms with Crippen molar-refractivity contribution in [3.8, 4) is 0 Å². The number of nitrogens with zero attached hydrogens (tertiary/aromatic N) is 2. The monoisotopic (exact) mass is 414 g/mol. The number of esters is 2. The molecule has 0 N–H and O–H groups in total. The van der Waals surface area contributed by atoms with Gasteiger partial charge in [-0.15, -0.1) is 0 Å². The van der Waals surface area contributed by atoms with Gasteiger partial charge in [0.25, 0.3) is 0 Å². The van der Waals surface area contributed by atoms with Crippen LogP contribution in [0.25, 0.3) is 0 Å². The van der Waals surface area contributed by atoms with Crippen molar-refractivity contribution in [2.75, 3.05) is 52.9 Å². The van der Waals surface area contributed by atoms with E-state index in [0.29, 0.717) is 0 Å². The quantitative estimate of drug-likeness (QED) is 0.230. The van der Waals surface area contributed by atoms with Gasteiger partial charge in [-0.2, -0.15) is 0 Å². The van der Waals surface area contributed by atoms with E-state index >= 15 is 0 Å². The molecule has 0 aromatic heterocycles. The molecule has 0 atom stereocenters. The minimum atomic E-state index is -3.35. The number of hydrogen-bond donors (Lipinski definition) is 0. The van der Waals surface area contributed by atoms with Crippen molar-refractivity contribution in [3.05, 3.63) is 12.2 Å². The maximum atomic E-state index is 11.5. The lowest BCUT2D eigenvalue weighted by Gasteiger charge is -2.10. The molecule has 0 fully saturated rings. The molecule has 0 amide bonds. The van der Waals surface area contributed by atoms with E-state index in [-0.39, 0.29) is 37.6 Å². The van der Waals surface area contributed by atoms with E-state index < -0.39 is 32.0 Å². The zero-order valence-electron chi connectivity index (χ0n) is 15.4. The van der Waals surface area contributed by atoms with Crippen LogP contribution in [0.15, 0.2) is 12.2 Å². The first-order chi connectivity index (χ1) is 11.9. The molecular weight excluding hydrogens is 388 g/mol. The van der Waals surface area contributed by atoms with Gasteiger partial charge in [0, 0.05) is 40.3 Å². The molecule has 0 saturated carbocycles. The first-order valence-corrected chi connectivity index (χ1v) is 10.9. The fraction of sp³-hybridized carbons (Fsp3) is 0.714. The van der Waals surface area contributed by atoms with E-state index in [1.165, 1.54) is 28.2 Å². The molecule has 26 heavy (non-hydrogen) atoms. The third kappa shape index (κ3) is 10.5. The summed E-state index contributed by atoms with van der Waals surface area (Å²) < 4.78 is 57.6. The summed E-state index contributed by atoms with van der Waals surface area (Å²) in [6.07, 6.45) is 1.98. The SMILES string of the molecule is CN(C)S(=O)(=O)CCCOC(=O)/C=C/C(=O)OCCCS(=O)(=O)N(C)C. The summed E-state index contributed by atoms with van der Waals surface area (Å²) in [6, 6.07) is 0. The number of rotatable bonds is 12. The highest BCUT2D eigenvalue weighted by Gasteiger charge is 2.14. The van der Waals surface area contributed by atoms with Gasteiger partial charge in [0.1, 0.15) is 0 Å². The Kier molecular flexibility index (Phi) is 10.6. The van der Waals surface area contributed by atoms with Crippen molar-refractivity contribution >= 4 is 32.0 Å². The summed E-state index contributed by atoms with van der Waals surface area (Å²) in [5.74, 6) is -1.93. The highest BCUT2D eigenvalue weighted by molar-refractivity contribution is 7.89. The fourth-order valence-corrected chi connectivity index (χ4v) is 3.12. The molecule has 152 valence electrons. The molecule has 0 aliphatic rings. The minimum absolute atomic E-state index is 0.103. The van der Waals surface area contributed by atoms with Crippen LogP contribution in [0.5, 0.6) is 0 Å². The first-order valence-electron chi connectivity index (χ1n) is 7.70.